The number of halogens is 1. The maximum atomic E-state index is 5.33. The second kappa shape index (κ2) is 5.81. The minimum absolute atomic E-state index is 0.444. The SMILES string of the molecule is CC1=C/C(=N/OC/C=C/Cl)CCC1. The summed E-state index contributed by atoms with van der Waals surface area (Å²) in [5.41, 5.74) is 3.84. The number of oxime groups is 1. The van der Waals surface area contributed by atoms with Crippen LogP contribution in [0.15, 0.2) is 28.4 Å². The van der Waals surface area contributed by atoms with Crippen molar-refractivity contribution in [2.24, 2.45) is 5.16 Å². The Labute approximate surface area is 83.9 Å². The molecule has 0 saturated heterocycles. The van der Waals surface area contributed by atoms with E-state index in [1.165, 1.54) is 23.9 Å². The molecule has 0 aliphatic heterocycles. The van der Waals surface area contributed by atoms with Gasteiger partial charge in [-0.3, -0.25) is 0 Å². The van der Waals surface area contributed by atoms with Gasteiger partial charge in [0.05, 0.1) is 5.71 Å². The number of allylic oxidation sites excluding steroid dienone is 2. The molecule has 0 heterocycles. The predicted octanol–water partition coefficient (Wildman–Crippen LogP) is 3.24. The highest BCUT2D eigenvalue weighted by Crippen LogP contribution is 2.14. The average molecular weight is 200 g/mol. The molecule has 72 valence electrons. The lowest BCUT2D eigenvalue weighted by atomic mass is 10.00. The van der Waals surface area contributed by atoms with Crippen molar-refractivity contribution in [3.8, 4) is 0 Å². The van der Waals surface area contributed by atoms with Crippen molar-refractivity contribution in [2.75, 3.05) is 6.61 Å². The van der Waals surface area contributed by atoms with Crippen molar-refractivity contribution in [1.82, 2.24) is 0 Å². The maximum Gasteiger partial charge on any atom is 0.136 e. The van der Waals surface area contributed by atoms with Crippen molar-refractivity contribution in [2.45, 2.75) is 26.2 Å². The van der Waals surface area contributed by atoms with Crippen molar-refractivity contribution in [1.29, 1.82) is 0 Å². The fourth-order valence-corrected chi connectivity index (χ4v) is 1.32. The molecule has 0 aromatic rings. The third-order valence-electron chi connectivity index (χ3n) is 1.86. The quantitative estimate of drug-likeness (QED) is 0.505. The van der Waals surface area contributed by atoms with Gasteiger partial charge in [-0.25, -0.2) is 0 Å². The number of rotatable bonds is 3. The molecule has 0 radical (unpaired) electrons. The average Bonchev–Trinajstić information content (AvgIpc) is 2.13. The van der Waals surface area contributed by atoms with E-state index in [1.807, 2.05) is 0 Å². The van der Waals surface area contributed by atoms with Gasteiger partial charge in [0.1, 0.15) is 6.61 Å². The zero-order valence-electron chi connectivity index (χ0n) is 7.79. The minimum atomic E-state index is 0.444. The van der Waals surface area contributed by atoms with Gasteiger partial charge in [0.25, 0.3) is 0 Å². The van der Waals surface area contributed by atoms with Crippen molar-refractivity contribution in [3.05, 3.63) is 23.3 Å². The Kier molecular flexibility index (Phi) is 4.61. The van der Waals surface area contributed by atoms with Crippen LogP contribution < -0.4 is 0 Å². The molecule has 0 saturated carbocycles. The van der Waals surface area contributed by atoms with Gasteiger partial charge in [0.2, 0.25) is 0 Å². The Balaban J connectivity index is 2.37. The molecule has 0 unspecified atom stereocenters. The normalized spacial score (nSPS) is 20.8. The second-order valence-corrected chi connectivity index (χ2v) is 3.34. The molecule has 0 N–H and O–H groups in total. The zero-order chi connectivity index (χ0) is 9.52. The highest BCUT2D eigenvalue weighted by molar-refractivity contribution is 6.25. The molecule has 1 aliphatic carbocycles. The van der Waals surface area contributed by atoms with Crippen molar-refractivity contribution >= 4 is 17.3 Å². The first kappa shape index (κ1) is 10.3. The summed E-state index contributed by atoms with van der Waals surface area (Å²) in [5, 5.41) is 4.00. The van der Waals surface area contributed by atoms with Crippen LogP contribution in [0, 0.1) is 0 Å². The Morgan fingerprint density at radius 2 is 2.46 bits per heavy atom. The standard InChI is InChI=1S/C10H14ClNO/c1-9-4-2-5-10(8-9)12-13-7-3-6-11/h3,6,8H,2,4-5,7H2,1H3/b6-3+,12-10+. The van der Waals surface area contributed by atoms with Gasteiger partial charge in [0, 0.05) is 5.54 Å². The monoisotopic (exact) mass is 199 g/mol. The maximum absolute atomic E-state index is 5.33. The van der Waals surface area contributed by atoms with E-state index >= 15 is 0 Å². The molecule has 1 rings (SSSR count). The molecule has 0 spiro atoms. The van der Waals surface area contributed by atoms with Crippen LogP contribution >= 0.6 is 11.6 Å². The number of hydrogen-bond donors (Lipinski definition) is 0. The van der Waals surface area contributed by atoms with Gasteiger partial charge < -0.3 is 4.84 Å². The number of nitrogens with zero attached hydrogens (tertiary/aromatic N) is 1. The fraction of sp³-hybridized carbons (Fsp3) is 0.500. The molecule has 0 aromatic carbocycles. The van der Waals surface area contributed by atoms with Crippen LogP contribution in [0.25, 0.3) is 0 Å². The van der Waals surface area contributed by atoms with E-state index in [1.54, 1.807) is 6.08 Å². The lowest BCUT2D eigenvalue weighted by Gasteiger charge is -2.09. The third-order valence-corrected chi connectivity index (χ3v) is 2.04. The molecule has 0 aromatic heterocycles. The summed E-state index contributed by atoms with van der Waals surface area (Å²) in [5.74, 6) is 0. The Bertz CT molecular complexity index is 243. The number of hydrogen-bond acceptors (Lipinski definition) is 2. The predicted molar refractivity (Wildman–Crippen MR) is 56.0 cm³/mol. The molecule has 0 bridgehead atoms. The van der Waals surface area contributed by atoms with Gasteiger partial charge in [-0.05, 0) is 38.3 Å². The van der Waals surface area contributed by atoms with Gasteiger partial charge in [-0.1, -0.05) is 22.3 Å². The molecular weight excluding hydrogens is 186 g/mol. The highest BCUT2D eigenvalue weighted by atomic mass is 35.5. The van der Waals surface area contributed by atoms with Crippen LogP contribution in [0.3, 0.4) is 0 Å². The van der Waals surface area contributed by atoms with Crippen molar-refractivity contribution < 1.29 is 4.84 Å². The molecular formula is C10H14ClNO. The first-order valence-corrected chi connectivity index (χ1v) is 4.88. The van der Waals surface area contributed by atoms with Crippen LogP contribution in [0.2, 0.25) is 0 Å². The zero-order valence-corrected chi connectivity index (χ0v) is 8.55. The van der Waals surface area contributed by atoms with E-state index in [2.05, 4.69) is 18.2 Å². The highest BCUT2D eigenvalue weighted by Gasteiger charge is 2.04. The third kappa shape index (κ3) is 4.13. The largest absolute Gasteiger partial charge is 0.391 e. The smallest absolute Gasteiger partial charge is 0.136 e. The summed E-state index contributed by atoms with van der Waals surface area (Å²) < 4.78 is 0. The van der Waals surface area contributed by atoms with Crippen molar-refractivity contribution in [3.63, 3.8) is 0 Å². The molecule has 1 aliphatic rings. The van der Waals surface area contributed by atoms with E-state index in [0.717, 1.165) is 12.1 Å². The Hall–Kier alpha value is -0.760. The topological polar surface area (TPSA) is 21.6 Å². The van der Waals surface area contributed by atoms with Crippen LogP contribution in [-0.2, 0) is 4.84 Å². The summed E-state index contributed by atoms with van der Waals surface area (Å²) >= 11 is 5.33. The molecule has 0 fully saturated rings. The van der Waals surface area contributed by atoms with E-state index in [9.17, 15) is 0 Å². The first-order chi connectivity index (χ1) is 6.33. The van der Waals surface area contributed by atoms with Gasteiger partial charge in [-0.2, -0.15) is 0 Å². The molecule has 2 nitrogen and oxygen atoms in total. The van der Waals surface area contributed by atoms with Gasteiger partial charge in [0.15, 0.2) is 0 Å². The first-order valence-electron chi connectivity index (χ1n) is 4.44. The molecule has 0 amide bonds. The minimum Gasteiger partial charge on any atom is -0.391 e. The van der Waals surface area contributed by atoms with Gasteiger partial charge in [-0.15, -0.1) is 0 Å². The van der Waals surface area contributed by atoms with Crippen LogP contribution in [0.5, 0.6) is 0 Å². The van der Waals surface area contributed by atoms with E-state index in [4.69, 9.17) is 16.4 Å². The van der Waals surface area contributed by atoms with Crippen LogP contribution in [-0.4, -0.2) is 12.3 Å². The Morgan fingerprint density at radius 1 is 1.62 bits per heavy atom. The molecule has 0 atom stereocenters. The second-order valence-electron chi connectivity index (χ2n) is 3.08. The van der Waals surface area contributed by atoms with Gasteiger partial charge >= 0.3 is 0 Å². The summed E-state index contributed by atoms with van der Waals surface area (Å²) in [4.78, 5) is 5.03. The molecule has 13 heavy (non-hydrogen) atoms. The van der Waals surface area contributed by atoms with E-state index in [-0.39, 0.29) is 0 Å². The Morgan fingerprint density at radius 3 is 3.15 bits per heavy atom. The van der Waals surface area contributed by atoms with E-state index < -0.39 is 0 Å². The van der Waals surface area contributed by atoms with Crippen LogP contribution in [0.1, 0.15) is 26.2 Å². The lowest BCUT2D eigenvalue weighted by Crippen LogP contribution is -2.02. The van der Waals surface area contributed by atoms with E-state index in [0.29, 0.717) is 6.61 Å². The lowest BCUT2D eigenvalue weighted by molar-refractivity contribution is 0.174. The summed E-state index contributed by atoms with van der Waals surface area (Å²) in [7, 11) is 0. The fourth-order valence-electron chi connectivity index (χ4n) is 1.25. The summed E-state index contributed by atoms with van der Waals surface area (Å²) in [6, 6.07) is 0. The molecule has 3 heteroatoms. The van der Waals surface area contributed by atoms with Crippen LogP contribution in [0.4, 0.5) is 0 Å². The summed E-state index contributed by atoms with van der Waals surface area (Å²) in [6.45, 7) is 2.56. The summed E-state index contributed by atoms with van der Waals surface area (Å²) in [6.07, 6.45) is 7.18.